The van der Waals surface area contributed by atoms with E-state index in [9.17, 15) is 0 Å². The Morgan fingerprint density at radius 2 is 2.00 bits per heavy atom. The molecule has 0 bridgehead atoms. The van der Waals surface area contributed by atoms with Gasteiger partial charge >= 0.3 is 0 Å². The molecule has 0 fully saturated rings. The van der Waals surface area contributed by atoms with Crippen LogP contribution in [0, 0.1) is 20.8 Å². The summed E-state index contributed by atoms with van der Waals surface area (Å²) in [6.07, 6.45) is 0. The summed E-state index contributed by atoms with van der Waals surface area (Å²) in [4.78, 5) is 4.55. The lowest BCUT2D eigenvalue weighted by Crippen LogP contribution is -1.98. The number of nitrogens with two attached hydrogens (primary N) is 1. The van der Waals surface area contributed by atoms with Gasteiger partial charge in [0.2, 0.25) is 0 Å². The van der Waals surface area contributed by atoms with E-state index >= 15 is 0 Å². The Labute approximate surface area is 112 Å². The highest BCUT2D eigenvalue weighted by Crippen LogP contribution is 2.34. The number of nitrogens with zero attached hydrogens (tertiary/aromatic N) is 1. The van der Waals surface area contributed by atoms with Gasteiger partial charge in [0.15, 0.2) is 0 Å². The van der Waals surface area contributed by atoms with Crippen molar-refractivity contribution < 1.29 is 4.74 Å². The van der Waals surface area contributed by atoms with Crippen LogP contribution < -0.4 is 10.5 Å². The molecule has 2 aromatic rings. The third-order valence-corrected chi connectivity index (χ3v) is 4.10. The van der Waals surface area contributed by atoms with Crippen molar-refractivity contribution in [3.8, 4) is 17.0 Å². The van der Waals surface area contributed by atoms with E-state index in [-0.39, 0.29) is 0 Å². The van der Waals surface area contributed by atoms with E-state index in [2.05, 4.69) is 37.2 Å². The number of methoxy groups -OCH3 is 1. The molecule has 0 atom stereocenters. The standard InChI is InChI=1S/C14H18N2OS/c1-8-5-11(9(2)10(3)14(8)17-4)12-7-18-13(6-15)16-12/h5,7H,6,15H2,1-4H3. The Bertz CT molecular complexity index is 575. The molecular formula is C14H18N2OS. The van der Waals surface area contributed by atoms with E-state index in [0.717, 1.165) is 22.0 Å². The zero-order valence-corrected chi connectivity index (χ0v) is 12.0. The first kappa shape index (κ1) is 13.1. The minimum atomic E-state index is 0.498. The van der Waals surface area contributed by atoms with Gasteiger partial charge in [-0.25, -0.2) is 4.98 Å². The summed E-state index contributed by atoms with van der Waals surface area (Å²) < 4.78 is 5.44. The average molecular weight is 262 g/mol. The predicted molar refractivity (Wildman–Crippen MR) is 76.2 cm³/mol. The number of rotatable bonds is 3. The van der Waals surface area contributed by atoms with Gasteiger partial charge < -0.3 is 10.5 Å². The van der Waals surface area contributed by atoms with E-state index in [0.29, 0.717) is 6.54 Å². The molecule has 3 nitrogen and oxygen atoms in total. The van der Waals surface area contributed by atoms with E-state index in [1.54, 1.807) is 18.4 Å². The molecule has 0 aliphatic rings. The molecule has 1 aromatic carbocycles. The minimum absolute atomic E-state index is 0.498. The monoisotopic (exact) mass is 262 g/mol. The van der Waals surface area contributed by atoms with Crippen LogP contribution in [0.15, 0.2) is 11.4 Å². The second-order valence-corrected chi connectivity index (χ2v) is 5.30. The molecular weight excluding hydrogens is 244 g/mol. The van der Waals surface area contributed by atoms with Gasteiger partial charge in [-0.05, 0) is 43.5 Å². The Hall–Kier alpha value is -1.39. The Balaban J connectivity index is 2.58. The van der Waals surface area contributed by atoms with Crippen LogP contribution in [0.1, 0.15) is 21.7 Å². The lowest BCUT2D eigenvalue weighted by molar-refractivity contribution is 0.408. The normalized spacial score (nSPS) is 10.7. The van der Waals surface area contributed by atoms with Crippen molar-refractivity contribution >= 4 is 11.3 Å². The number of aryl methyl sites for hydroxylation is 1. The second-order valence-electron chi connectivity index (χ2n) is 4.35. The van der Waals surface area contributed by atoms with E-state index in [4.69, 9.17) is 10.5 Å². The molecule has 0 spiro atoms. The van der Waals surface area contributed by atoms with Gasteiger partial charge in [0.25, 0.3) is 0 Å². The minimum Gasteiger partial charge on any atom is -0.496 e. The zero-order chi connectivity index (χ0) is 13.3. The van der Waals surface area contributed by atoms with Gasteiger partial charge in [0, 0.05) is 17.5 Å². The van der Waals surface area contributed by atoms with Gasteiger partial charge in [-0.1, -0.05) is 0 Å². The molecule has 0 saturated heterocycles. The van der Waals surface area contributed by atoms with Crippen LogP contribution in [0.2, 0.25) is 0 Å². The third kappa shape index (κ3) is 2.13. The molecule has 18 heavy (non-hydrogen) atoms. The lowest BCUT2D eigenvalue weighted by atomic mass is 9.97. The highest BCUT2D eigenvalue weighted by Gasteiger charge is 2.13. The molecule has 96 valence electrons. The highest BCUT2D eigenvalue weighted by atomic mass is 32.1. The average Bonchev–Trinajstić information content (AvgIpc) is 2.83. The van der Waals surface area contributed by atoms with Crippen molar-refractivity contribution in [3.05, 3.63) is 33.1 Å². The van der Waals surface area contributed by atoms with Crippen molar-refractivity contribution in [2.45, 2.75) is 27.3 Å². The molecule has 0 aliphatic carbocycles. The fourth-order valence-corrected chi connectivity index (χ4v) is 2.84. The maximum atomic E-state index is 5.61. The Morgan fingerprint density at radius 1 is 1.28 bits per heavy atom. The van der Waals surface area contributed by atoms with Crippen molar-refractivity contribution in [2.75, 3.05) is 7.11 Å². The maximum absolute atomic E-state index is 5.61. The summed E-state index contributed by atoms with van der Waals surface area (Å²) in [7, 11) is 1.71. The first-order valence-electron chi connectivity index (χ1n) is 5.88. The predicted octanol–water partition coefficient (Wildman–Crippen LogP) is 3.20. The summed E-state index contributed by atoms with van der Waals surface area (Å²) >= 11 is 1.61. The summed E-state index contributed by atoms with van der Waals surface area (Å²) in [5.74, 6) is 0.963. The van der Waals surface area contributed by atoms with E-state index in [1.807, 2.05) is 0 Å². The van der Waals surface area contributed by atoms with Crippen molar-refractivity contribution in [3.63, 3.8) is 0 Å². The van der Waals surface area contributed by atoms with Crippen molar-refractivity contribution in [1.82, 2.24) is 4.98 Å². The van der Waals surface area contributed by atoms with Crippen molar-refractivity contribution in [1.29, 1.82) is 0 Å². The van der Waals surface area contributed by atoms with Crippen LogP contribution >= 0.6 is 11.3 Å². The largest absolute Gasteiger partial charge is 0.496 e. The van der Waals surface area contributed by atoms with Crippen LogP contribution in [-0.2, 0) is 6.54 Å². The molecule has 1 aromatic heterocycles. The van der Waals surface area contributed by atoms with Crippen LogP contribution in [0.5, 0.6) is 5.75 Å². The molecule has 0 unspecified atom stereocenters. The molecule has 0 aliphatic heterocycles. The van der Waals surface area contributed by atoms with Crippen LogP contribution in [0.4, 0.5) is 0 Å². The molecule has 2 rings (SSSR count). The Morgan fingerprint density at radius 3 is 2.56 bits per heavy atom. The van der Waals surface area contributed by atoms with Gasteiger partial charge in [-0.2, -0.15) is 0 Å². The smallest absolute Gasteiger partial charge is 0.124 e. The highest BCUT2D eigenvalue weighted by molar-refractivity contribution is 7.09. The molecule has 0 radical (unpaired) electrons. The topological polar surface area (TPSA) is 48.1 Å². The summed E-state index contributed by atoms with van der Waals surface area (Å²) in [5, 5.41) is 3.03. The fourth-order valence-electron chi connectivity index (χ4n) is 2.17. The van der Waals surface area contributed by atoms with E-state index in [1.165, 1.54) is 16.7 Å². The first-order valence-corrected chi connectivity index (χ1v) is 6.76. The van der Waals surface area contributed by atoms with Gasteiger partial charge in [0.05, 0.1) is 12.8 Å². The van der Waals surface area contributed by atoms with Crippen LogP contribution in [0.3, 0.4) is 0 Å². The lowest BCUT2D eigenvalue weighted by Gasteiger charge is -2.14. The van der Waals surface area contributed by atoms with E-state index < -0.39 is 0 Å². The number of aromatic nitrogens is 1. The fraction of sp³-hybridized carbons (Fsp3) is 0.357. The summed E-state index contributed by atoms with van der Waals surface area (Å²) in [5.41, 5.74) is 11.3. The number of hydrogen-bond acceptors (Lipinski definition) is 4. The van der Waals surface area contributed by atoms with Gasteiger partial charge in [-0.15, -0.1) is 11.3 Å². The van der Waals surface area contributed by atoms with Gasteiger partial charge in [-0.3, -0.25) is 0 Å². The molecule has 2 N–H and O–H groups in total. The zero-order valence-electron chi connectivity index (χ0n) is 11.2. The van der Waals surface area contributed by atoms with Crippen LogP contribution in [-0.4, -0.2) is 12.1 Å². The number of ether oxygens (including phenoxy) is 1. The summed E-state index contributed by atoms with van der Waals surface area (Å²) in [6.45, 7) is 6.75. The molecule has 0 saturated carbocycles. The number of benzene rings is 1. The van der Waals surface area contributed by atoms with Crippen molar-refractivity contribution in [2.24, 2.45) is 5.73 Å². The maximum Gasteiger partial charge on any atom is 0.124 e. The molecule has 1 heterocycles. The third-order valence-electron chi connectivity index (χ3n) is 3.23. The summed E-state index contributed by atoms with van der Waals surface area (Å²) in [6, 6.07) is 2.14. The quantitative estimate of drug-likeness (QED) is 0.924. The Kier molecular flexibility index (Phi) is 3.68. The number of thiazole rings is 1. The SMILES string of the molecule is COc1c(C)cc(-c2csc(CN)n2)c(C)c1C. The number of hydrogen-bond donors (Lipinski definition) is 1. The second kappa shape index (κ2) is 5.08. The first-order chi connectivity index (χ1) is 8.58. The van der Waals surface area contributed by atoms with Gasteiger partial charge in [0.1, 0.15) is 10.8 Å². The van der Waals surface area contributed by atoms with Crippen LogP contribution in [0.25, 0.3) is 11.3 Å². The molecule has 4 heteroatoms. The molecule has 0 amide bonds.